The molecule has 0 aliphatic heterocycles. The molecule has 1 unspecified atom stereocenters. The lowest BCUT2D eigenvalue weighted by Crippen LogP contribution is -2.39. The smallest absolute Gasteiger partial charge is 0.414 e. The molecule has 1 aromatic rings. The standard InChI is InChI=1S/C15H24NO4PS2/c1-11-6-7-12(2)13(10-11)16(8-9-19-21(18,22)23)14(17)20-15(3,4)5/h6-7,10H,8-9H2,1-5H3,(H2,18,22,23). The summed E-state index contributed by atoms with van der Waals surface area (Å²) in [6, 6.07) is 5.83. The Kier molecular flexibility index (Phi) is 7.11. The number of carbonyl (C=O) groups is 1. The highest BCUT2D eigenvalue weighted by atomic mass is 32.9. The van der Waals surface area contributed by atoms with E-state index in [9.17, 15) is 9.69 Å². The molecule has 0 spiro atoms. The molecule has 0 heterocycles. The Bertz CT molecular complexity index is 610. The molecule has 0 bridgehead atoms. The van der Waals surface area contributed by atoms with E-state index in [2.05, 4.69) is 12.2 Å². The summed E-state index contributed by atoms with van der Waals surface area (Å²) < 4.78 is 10.6. The van der Waals surface area contributed by atoms with Crippen molar-refractivity contribution in [2.75, 3.05) is 18.1 Å². The first-order chi connectivity index (χ1) is 10.4. The molecule has 130 valence electrons. The quantitative estimate of drug-likeness (QED) is 0.595. The second-order valence-corrected chi connectivity index (χ2v) is 11.4. The van der Waals surface area contributed by atoms with Crippen LogP contribution in [0.2, 0.25) is 0 Å². The molecule has 1 rings (SSSR count). The van der Waals surface area contributed by atoms with Crippen LogP contribution in [0.25, 0.3) is 0 Å². The number of benzene rings is 1. The van der Waals surface area contributed by atoms with Crippen molar-refractivity contribution in [1.29, 1.82) is 0 Å². The average Bonchev–Trinajstić information content (AvgIpc) is 2.34. The van der Waals surface area contributed by atoms with Crippen LogP contribution in [-0.4, -0.2) is 29.7 Å². The van der Waals surface area contributed by atoms with Crippen LogP contribution in [0.3, 0.4) is 0 Å². The fourth-order valence-electron chi connectivity index (χ4n) is 1.89. The van der Waals surface area contributed by atoms with Crippen LogP contribution in [0.4, 0.5) is 10.5 Å². The molecule has 1 atom stereocenters. The van der Waals surface area contributed by atoms with Crippen LogP contribution in [0.15, 0.2) is 18.2 Å². The molecule has 1 N–H and O–H groups in total. The Morgan fingerprint density at radius 2 is 2.00 bits per heavy atom. The minimum Gasteiger partial charge on any atom is -0.443 e. The Labute approximate surface area is 148 Å². The highest BCUT2D eigenvalue weighted by Gasteiger charge is 2.25. The molecule has 0 radical (unpaired) electrons. The molecule has 23 heavy (non-hydrogen) atoms. The topological polar surface area (TPSA) is 59.0 Å². The summed E-state index contributed by atoms with van der Waals surface area (Å²) in [5.74, 6) is 0. The van der Waals surface area contributed by atoms with E-state index in [0.29, 0.717) is 0 Å². The fraction of sp³-hybridized carbons (Fsp3) is 0.533. The predicted molar refractivity (Wildman–Crippen MR) is 101 cm³/mol. The number of carbonyl (C=O) groups excluding carboxylic acids is 1. The number of nitrogens with zero attached hydrogens (tertiary/aromatic N) is 1. The molecule has 1 amide bonds. The van der Waals surface area contributed by atoms with E-state index in [1.807, 2.05) is 52.8 Å². The van der Waals surface area contributed by atoms with E-state index in [1.54, 1.807) is 0 Å². The number of thiol groups is 1. The minimum atomic E-state index is -3.06. The normalized spacial score (nSPS) is 14.2. The first-order valence-corrected chi connectivity index (χ1v) is 11.0. The third-order valence-corrected chi connectivity index (χ3v) is 4.03. The molecule has 0 fully saturated rings. The van der Waals surface area contributed by atoms with Gasteiger partial charge < -0.3 is 14.2 Å². The van der Waals surface area contributed by atoms with Gasteiger partial charge in [0.05, 0.1) is 18.8 Å². The van der Waals surface area contributed by atoms with Crippen molar-refractivity contribution in [2.45, 2.75) is 40.2 Å². The number of anilines is 1. The second kappa shape index (κ2) is 7.99. The molecule has 0 aliphatic carbocycles. The van der Waals surface area contributed by atoms with E-state index in [4.69, 9.17) is 21.1 Å². The van der Waals surface area contributed by atoms with Gasteiger partial charge in [-0.3, -0.25) is 4.90 Å². The van der Waals surface area contributed by atoms with Gasteiger partial charge in [0.2, 0.25) is 5.69 Å². The van der Waals surface area contributed by atoms with Gasteiger partial charge in [-0.05, 0) is 63.6 Å². The van der Waals surface area contributed by atoms with Gasteiger partial charge in [-0.25, -0.2) is 4.79 Å². The van der Waals surface area contributed by atoms with Gasteiger partial charge in [0.1, 0.15) is 5.60 Å². The Balaban J connectivity index is 3.03. The zero-order valence-corrected chi connectivity index (χ0v) is 16.7. The van der Waals surface area contributed by atoms with Gasteiger partial charge in [-0.1, -0.05) is 24.4 Å². The lowest BCUT2D eigenvalue weighted by Gasteiger charge is -2.29. The molecule has 1 aromatic carbocycles. The number of hydrogen-bond donors (Lipinski definition) is 2. The van der Waals surface area contributed by atoms with Crippen molar-refractivity contribution < 1.29 is 18.9 Å². The van der Waals surface area contributed by atoms with Crippen molar-refractivity contribution in [3.63, 3.8) is 0 Å². The van der Waals surface area contributed by atoms with Crippen LogP contribution < -0.4 is 4.90 Å². The van der Waals surface area contributed by atoms with E-state index < -0.39 is 17.4 Å². The van der Waals surface area contributed by atoms with Crippen molar-refractivity contribution in [1.82, 2.24) is 0 Å². The summed E-state index contributed by atoms with van der Waals surface area (Å²) in [6.07, 6.45) is -0.472. The Morgan fingerprint density at radius 3 is 2.52 bits per heavy atom. The van der Waals surface area contributed by atoms with Crippen LogP contribution in [0.1, 0.15) is 31.9 Å². The van der Waals surface area contributed by atoms with Gasteiger partial charge in [-0.15, -0.1) is 0 Å². The lowest BCUT2D eigenvalue weighted by molar-refractivity contribution is 0.0575. The predicted octanol–water partition coefficient (Wildman–Crippen LogP) is 4.21. The highest BCUT2D eigenvalue weighted by Crippen LogP contribution is 2.47. The van der Waals surface area contributed by atoms with E-state index >= 15 is 0 Å². The summed E-state index contributed by atoms with van der Waals surface area (Å²) in [5, 5.41) is 0. The third-order valence-electron chi connectivity index (χ3n) is 2.84. The second-order valence-electron chi connectivity index (χ2n) is 6.25. The maximum Gasteiger partial charge on any atom is 0.414 e. The first kappa shape index (κ1) is 20.5. The van der Waals surface area contributed by atoms with Crippen LogP contribution in [0.5, 0.6) is 0 Å². The molecule has 5 nitrogen and oxygen atoms in total. The highest BCUT2D eigenvalue weighted by molar-refractivity contribution is 8.59. The van der Waals surface area contributed by atoms with Crippen molar-refractivity contribution in [3.8, 4) is 0 Å². The summed E-state index contributed by atoms with van der Waals surface area (Å²) in [5.41, 5.74) is -0.952. The summed E-state index contributed by atoms with van der Waals surface area (Å²) in [4.78, 5) is 23.5. The number of ether oxygens (including phenoxy) is 1. The average molecular weight is 377 g/mol. The largest absolute Gasteiger partial charge is 0.443 e. The van der Waals surface area contributed by atoms with Crippen molar-refractivity contribution >= 4 is 41.5 Å². The maximum atomic E-state index is 12.5. The van der Waals surface area contributed by atoms with Gasteiger partial charge in [0, 0.05) is 0 Å². The van der Waals surface area contributed by atoms with E-state index in [1.165, 1.54) is 4.90 Å². The maximum absolute atomic E-state index is 12.5. The summed E-state index contributed by atoms with van der Waals surface area (Å²) >= 11 is 8.55. The van der Waals surface area contributed by atoms with Crippen molar-refractivity contribution in [2.24, 2.45) is 0 Å². The molecular formula is C15H24NO4PS2. The number of aryl methyl sites for hydroxylation is 2. The summed E-state index contributed by atoms with van der Waals surface area (Å²) in [7, 11) is 0. The third kappa shape index (κ3) is 7.68. The van der Waals surface area contributed by atoms with Crippen LogP contribution in [0, 0.1) is 13.8 Å². The monoisotopic (exact) mass is 377 g/mol. The van der Waals surface area contributed by atoms with Crippen LogP contribution in [-0.2, 0) is 21.1 Å². The van der Waals surface area contributed by atoms with E-state index in [-0.39, 0.29) is 13.2 Å². The van der Waals surface area contributed by atoms with Crippen LogP contribution >= 0.6 is 17.9 Å². The minimum absolute atomic E-state index is 0.0733. The van der Waals surface area contributed by atoms with Gasteiger partial charge in [0.25, 0.3) is 0 Å². The SMILES string of the molecule is Cc1ccc(C)c(N(CCOP(O)(=S)S)C(=O)OC(C)(C)C)c1. The fourth-order valence-corrected chi connectivity index (χ4v) is 2.68. The van der Waals surface area contributed by atoms with Crippen molar-refractivity contribution in [3.05, 3.63) is 29.3 Å². The summed E-state index contributed by atoms with van der Waals surface area (Å²) in [6.45, 7) is 9.58. The molecule has 0 aliphatic rings. The molecule has 0 aromatic heterocycles. The van der Waals surface area contributed by atoms with E-state index in [0.717, 1.165) is 16.8 Å². The molecule has 0 saturated carbocycles. The first-order valence-electron chi connectivity index (χ1n) is 7.17. The number of amides is 1. The van der Waals surface area contributed by atoms with Gasteiger partial charge in [0.15, 0.2) is 0 Å². The molecule has 0 saturated heterocycles. The van der Waals surface area contributed by atoms with Gasteiger partial charge >= 0.3 is 6.09 Å². The zero-order chi connectivity index (χ0) is 17.8. The molecular weight excluding hydrogens is 353 g/mol. The number of rotatable bonds is 5. The zero-order valence-electron chi connectivity index (χ0n) is 14.1. The van der Waals surface area contributed by atoms with Gasteiger partial charge in [-0.2, -0.15) is 0 Å². The Hall–Kier alpha value is -0.590. The Morgan fingerprint density at radius 1 is 1.39 bits per heavy atom. The number of hydrogen-bond acceptors (Lipinski definition) is 4. The lowest BCUT2D eigenvalue weighted by atomic mass is 10.1. The molecule has 8 heteroatoms.